The van der Waals surface area contributed by atoms with Crippen LogP contribution in [0.2, 0.25) is 0 Å². The van der Waals surface area contributed by atoms with E-state index in [0.717, 1.165) is 28.9 Å². The number of hydrogen-bond acceptors (Lipinski definition) is 2. The second-order valence-corrected chi connectivity index (χ2v) is 6.01. The van der Waals surface area contributed by atoms with Gasteiger partial charge in [-0.05, 0) is 54.4 Å². The predicted molar refractivity (Wildman–Crippen MR) is 87.7 cm³/mol. The third kappa shape index (κ3) is 2.96. The summed E-state index contributed by atoms with van der Waals surface area (Å²) in [6.45, 7) is 10.6. The normalized spacial score (nSPS) is 12.7. The van der Waals surface area contributed by atoms with Gasteiger partial charge in [0.15, 0.2) is 0 Å². The van der Waals surface area contributed by atoms with Crippen molar-refractivity contribution in [2.75, 3.05) is 13.1 Å². The summed E-state index contributed by atoms with van der Waals surface area (Å²) < 4.78 is 3.11. The average molecular weight is 336 g/mol. The minimum absolute atomic E-state index is 0.464. The lowest BCUT2D eigenvalue weighted by molar-refractivity contribution is 0.630. The zero-order valence-electron chi connectivity index (χ0n) is 12.6. The van der Waals surface area contributed by atoms with Gasteiger partial charge >= 0.3 is 0 Å². The summed E-state index contributed by atoms with van der Waals surface area (Å²) in [6.07, 6.45) is 0. The molecule has 2 aromatic rings. The maximum absolute atomic E-state index is 4.73. The van der Waals surface area contributed by atoms with Gasteiger partial charge in [-0.3, -0.25) is 0 Å². The molecule has 1 heterocycles. The van der Waals surface area contributed by atoms with Crippen LogP contribution in [0, 0.1) is 13.8 Å². The quantitative estimate of drug-likeness (QED) is 0.896. The van der Waals surface area contributed by atoms with E-state index in [4.69, 9.17) is 5.10 Å². The van der Waals surface area contributed by atoms with E-state index in [2.05, 4.69) is 55.0 Å². The molecule has 0 aliphatic rings. The highest BCUT2D eigenvalue weighted by Gasteiger charge is 2.18. The van der Waals surface area contributed by atoms with E-state index >= 15 is 0 Å². The molecule has 0 saturated carbocycles. The minimum Gasteiger partial charge on any atom is -0.316 e. The third-order valence-electron chi connectivity index (χ3n) is 3.62. The molecule has 1 unspecified atom stereocenters. The fraction of sp³-hybridized carbons (Fsp3) is 0.438. The third-order valence-corrected chi connectivity index (χ3v) is 4.29. The number of rotatable bonds is 5. The number of hydrogen-bond donors (Lipinski definition) is 1. The fourth-order valence-electron chi connectivity index (χ4n) is 2.69. The van der Waals surface area contributed by atoms with Crippen molar-refractivity contribution in [3.05, 3.63) is 45.7 Å². The lowest BCUT2D eigenvalue weighted by atomic mass is 9.99. The molecule has 20 heavy (non-hydrogen) atoms. The Morgan fingerprint density at radius 3 is 2.65 bits per heavy atom. The SMILES string of the molecule is CCNCC(C)c1c(C)nn(-c2ccccc2Br)c1C. The number of aryl methyl sites for hydroxylation is 1. The average Bonchev–Trinajstić information content (AvgIpc) is 2.72. The molecule has 1 N–H and O–H groups in total. The summed E-state index contributed by atoms with van der Waals surface area (Å²) in [6, 6.07) is 8.20. The Hall–Kier alpha value is -1.13. The van der Waals surface area contributed by atoms with E-state index in [-0.39, 0.29) is 0 Å². The number of nitrogens with one attached hydrogen (secondary N) is 1. The Kier molecular flexibility index (Phi) is 5.00. The van der Waals surface area contributed by atoms with E-state index in [1.54, 1.807) is 0 Å². The molecule has 108 valence electrons. The van der Waals surface area contributed by atoms with Gasteiger partial charge in [-0.2, -0.15) is 5.10 Å². The van der Waals surface area contributed by atoms with Crippen LogP contribution in [0.25, 0.3) is 5.69 Å². The first-order valence-electron chi connectivity index (χ1n) is 7.08. The summed E-state index contributed by atoms with van der Waals surface area (Å²) >= 11 is 3.61. The largest absolute Gasteiger partial charge is 0.316 e. The topological polar surface area (TPSA) is 29.9 Å². The highest BCUT2D eigenvalue weighted by atomic mass is 79.9. The Balaban J connectivity index is 2.41. The van der Waals surface area contributed by atoms with Gasteiger partial charge in [-0.1, -0.05) is 26.0 Å². The number of likely N-dealkylation sites (N-methyl/N-ethyl adjacent to an activating group) is 1. The Morgan fingerprint density at radius 2 is 2.00 bits per heavy atom. The van der Waals surface area contributed by atoms with Crippen molar-refractivity contribution in [3.8, 4) is 5.69 Å². The standard InChI is InChI=1S/C16H22BrN3/c1-5-18-10-11(2)16-12(3)19-20(13(16)4)15-9-7-6-8-14(15)17/h6-9,11,18H,5,10H2,1-4H3. The van der Waals surface area contributed by atoms with Crippen LogP contribution in [0.4, 0.5) is 0 Å². The summed E-state index contributed by atoms with van der Waals surface area (Å²) in [5, 5.41) is 8.14. The summed E-state index contributed by atoms with van der Waals surface area (Å²) in [4.78, 5) is 0. The second-order valence-electron chi connectivity index (χ2n) is 5.16. The van der Waals surface area contributed by atoms with Gasteiger partial charge in [-0.25, -0.2) is 4.68 Å². The van der Waals surface area contributed by atoms with Gasteiger partial charge < -0.3 is 5.32 Å². The number of nitrogens with zero attached hydrogens (tertiary/aromatic N) is 2. The Labute approximate surface area is 129 Å². The van der Waals surface area contributed by atoms with Gasteiger partial charge in [0.25, 0.3) is 0 Å². The molecule has 0 spiro atoms. The molecule has 0 aliphatic heterocycles. The molecule has 0 saturated heterocycles. The van der Waals surface area contributed by atoms with E-state index in [9.17, 15) is 0 Å². The van der Waals surface area contributed by atoms with E-state index < -0.39 is 0 Å². The van der Waals surface area contributed by atoms with Crippen LogP contribution in [0.3, 0.4) is 0 Å². The van der Waals surface area contributed by atoms with Crippen molar-refractivity contribution < 1.29 is 0 Å². The Morgan fingerprint density at radius 1 is 1.30 bits per heavy atom. The summed E-state index contributed by atoms with van der Waals surface area (Å²) in [7, 11) is 0. The van der Waals surface area contributed by atoms with Crippen LogP contribution in [-0.2, 0) is 0 Å². The van der Waals surface area contributed by atoms with Crippen LogP contribution in [0.15, 0.2) is 28.7 Å². The zero-order valence-corrected chi connectivity index (χ0v) is 14.2. The first-order chi connectivity index (χ1) is 9.56. The number of aromatic nitrogens is 2. The maximum Gasteiger partial charge on any atom is 0.0790 e. The molecular weight excluding hydrogens is 314 g/mol. The fourth-order valence-corrected chi connectivity index (χ4v) is 3.14. The predicted octanol–water partition coefficient (Wildman–Crippen LogP) is 3.96. The molecular formula is C16H22BrN3. The van der Waals surface area contributed by atoms with Crippen LogP contribution in [-0.4, -0.2) is 22.9 Å². The number of benzene rings is 1. The van der Waals surface area contributed by atoms with Crippen molar-refractivity contribution in [1.29, 1.82) is 0 Å². The van der Waals surface area contributed by atoms with E-state index in [1.807, 2.05) is 22.9 Å². The zero-order chi connectivity index (χ0) is 14.7. The molecule has 3 nitrogen and oxygen atoms in total. The highest BCUT2D eigenvalue weighted by molar-refractivity contribution is 9.10. The van der Waals surface area contributed by atoms with Gasteiger partial charge in [0, 0.05) is 22.3 Å². The lowest BCUT2D eigenvalue weighted by Crippen LogP contribution is -2.20. The summed E-state index contributed by atoms with van der Waals surface area (Å²) in [5.74, 6) is 0.464. The van der Waals surface area contributed by atoms with Gasteiger partial charge in [0.1, 0.15) is 0 Å². The molecule has 4 heteroatoms. The second kappa shape index (κ2) is 6.55. The van der Waals surface area contributed by atoms with Crippen molar-refractivity contribution in [3.63, 3.8) is 0 Å². The monoisotopic (exact) mass is 335 g/mol. The molecule has 1 aromatic heterocycles. The van der Waals surface area contributed by atoms with Gasteiger partial charge in [-0.15, -0.1) is 0 Å². The van der Waals surface area contributed by atoms with Crippen LogP contribution >= 0.6 is 15.9 Å². The Bertz CT molecular complexity index is 589. The van der Waals surface area contributed by atoms with E-state index in [1.165, 1.54) is 11.3 Å². The number of halogens is 1. The van der Waals surface area contributed by atoms with Crippen LogP contribution in [0.1, 0.15) is 36.7 Å². The smallest absolute Gasteiger partial charge is 0.0790 e. The van der Waals surface area contributed by atoms with Crippen LogP contribution in [0.5, 0.6) is 0 Å². The first kappa shape index (κ1) is 15.3. The molecule has 1 atom stereocenters. The molecule has 0 aliphatic carbocycles. The molecule has 0 radical (unpaired) electrons. The molecule has 0 amide bonds. The minimum atomic E-state index is 0.464. The number of para-hydroxylation sites is 1. The first-order valence-corrected chi connectivity index (χ1v) is 7.87. The molecule has 2 rings (SSSR count). The molecule has 0 fully saturated rings. The van der Waals surface area contributed by atoms with Crippen molar-refractivity contribution in [2.45, 2.75) is 33.6 Å². The van der Waals surface area contributed by atoms with Crippen molar-refractivity contribution in [2.24, 2.45) is 0 Å². The molecule has 1 aromatic carbocycles. The summed E-state index contributed by atoms with van der Waals surface area (Å²) in [5.41, 5.74) is 4.78. The van der Waals surface area contributed by atoms with Gasteiger partial charge in [0.05, 0.1) is 11.4 Å². The van der Waals surface area contributed by atoms with Gasteiger partial charge in [0.2, 0.25) is 0 Å². The van der Waals surface area contributed by atoms with Crippen molar-refractivity contribution >= 4 is 15.9 Å². The maximum atomic E-state index is 4.73. The van der Waals surface area contributed by atoms with Crippen molar-refractivity contribution in [1.82, 2.24) is 15.1 Å². The molecule has 0 bridgehead atoms. The highest BCUT2D eigenvalue weighted by Crippen LogP contribution is 2.28. The van der Waals surface area contributed by atoms with Crippen LogP contribution < -0.4 is 5.32 Å². The lowest BCUT2D eigenvalue weighted by Gasteiger charge is -2.13. The van der Waals surface area contributed by atoms with E-state index in [0.29, 0.717) is 5.92 Å².